The highest BCUT2D eigenvalue weighted by Gasteiger charge is 2.85. The van der Waals surface area contributed by atoms with Gasteiger partial charge in [-0.15, -0.1) is 0 Å². The summed E-state index contributed by atoms with van der Waals surface area (Å²) in [5, 5.41) is 0. The molecule has 2 fully saturated rings. The molecule has 56 heavy (non-hydrogen) atoms. The number of fused-ring (bicyclic) bond motifs is 9. The van der Waals surface area contributed by atoms with Crippen molar-refractivity contribution in [1.82, 2.24) is 4.90 Å². The molecule has 3 heteroatoms. The van der Waals surface area contributed by atoms with E-state index in [1.165, 1.54) is 85.9 Å². The predicted octanol–water partition coefficient (Wildman–Crippen LogP) is 12.9. The van der Waals surface area contributed by atoms with Crippen LogP contribution in [0.2, 0.25) is 0 Å². The van der Waals surface area contributed by atoms with Gasteiger partial charge in [-0.25, -0.2) is 4.57 Å². The molecule has 0 amide bonds. The summed E-state index contributed by atoms with van der Waals surface area (Å²) in [7, 11) is 4.50. The zero-order valence-corrected chi connectivity index (χ0v) is 36.7. The van der Waals surface area contributed by atoms with Gasteiger partial charge in [0.1, 0.15) is 18.9 Å². The molecule has 2 aromatic carbocycles. The number of ether oxygens (including phenoxy) is 1. The van der Waals surface area contributed by atoms with Crippen molar-refractivity contribution in [2.24, 2.45) is 36.1 Å². The van der Waals surface area contributed by atoms with Crippen LogP contribution in [0.5, 0.6) is 5.75 Å². The van der Waals surface area contributed by atoms with E-state index in [2.05, 4.69) is 147 Å². The molecular formula is C53H71N2O+. The van der Waals surface area contributed by atoms with Crippen molar-refractivity contribution < 1.29 is 9.30 Å². The molecule has 2 saturated carbocycles. The van der Waals surface area contributed by atoms with E-state index < -0.39 is 0 Å². The van der Waals surface area contributed by atoms with E-state index in [0.717, 1.165) is 11.7 Å². The van der Waals surface area contributed by atoms with Crippen LogP contribution in [-0.4, -0.2) is 24.1 Å². The summed E-state index contributed by atoms with van der Waals surface area (Å²) in [5.74, 6) is 5.87. The lowest BCUT2D eigenvalue weighted by Crippen LogP contribution is -2.45. The Morgan fingerprint density at radius 1 is 0.946 bits per heavy atom. The van der Waals surface area contributed by atoms with E-state index in [-0.39, 0.29) is 22.9 Å². The van der Waals surface area contributed by atoms with Crippen molar-refractivity contribution >= 4 is 0 Å². The van der Waals surface area contributed by atoms with Crippen molar-refractivity contribution in [2.75, 3.05) is 7.05 Å². The molecule has 3 nitrogen and oxygen atoms in total. The molecule has 0 bridgehead atoms. The number of nitrogens with zero attached hydrogens (tertiary/aromatic N) is 2. The number of benzene rings is 2. The standard InChI is InChI=1S/C53H71N2O/c1-12-15-16-19-32(6)27-37-29-41-38-20-17-18-21-43(38)52(14-3)51(53(52,25-13-2)48-45(34(37)8)47(41)48)40-23-22-39-42-28-33(7)55(11)35(9)49(42)56-50(39)46(40)44-30-36(31(4)5)24-26-54(44)10/h17-18,20-24,26,28,30-32,35,37,41-42,47-49,51H,12-16,19,25,27,29H2,1-11H3/q+1/t32?,35?,37?,41?,42?,47?,48?,49?,51-,52?,53?/m0/s1. The molecule has 2 aliphatic heterocycles. The quantitative estimate of drug-likeness (QED) is 0.104. The van der Waals surface area contributed by atoms with Gasteiger partial charge in [0.05, 0.1) is 11.6 Å². The maximum Gasteiger partial charge on any atom is 0.216 e. The summed E-state index contributed by atoms with van der Waals surface area (Å²) in [6.07, 6.45) is 16.8. The number of rotatable bonds is 12. The highest BCUT2D eigenvalue weighted by Crippen LogP contribution is 2.90. The molecule has 1 aromatic heterocycles. The van der Waals surface area contributed by atoms with Crippen LogP contribution in [0.4, 0.5) is 0 Å². The van der Waals surface area contributed by atoms with Crippen LogP contribution in [0, 0.1) is 29.1 Å². The van der Waals surface area contributed by atoms with E-state index in [1.54, 1.807) is 22.3 Å². The molecule has 10 unspecified atom stereocenters. The van der Waals surface area contributed by atoms with E-state index in [9.17, 15) is 0 Å². The summed E-state index contributed by atoms with van der Waals surface area (Å²) in [6, 6.07) is 20.2. The van der Waals surface area contributed by atoms with Gasteiger partial charge in [-0.05, 0) is 110 Å². The Labute approximate surface area is 340 Å². The first kappa shape index (κ1) is 38.2. The zero-order chi connectivity index (χ0) is 39.4. The molecule has 0 radical (unpaired) electrons. The Morgan fingerprint density at radius 2 is 1.71 bits per heavy atom. The Morgan fingerprint density at radius 3 is 2.45 bits per heavy atom. The normalized spacial score (nSPS) is 33.8. The van der Waals surface area contributed by atoms with Crippen molar-refractivity contribution in [2.45, 2.75) is 161 Å². The fourth-order valence-corrected chi connectivity index (χ4v) is 14.2. The number of pyridine rings is 1. The van der Waals surface area contributed by atoms with Crippen LogP contribution in [0.1, 0.15) is 172 Å². The van der Waals surface area contributed by atoms with Crippen LogP contribution in [0.25, 0.3) is 11.3 Å². The molecule has 3 aromatic rings. The van der Waals surface area contributed by atoms with Gasteiger partial charge < -0.3 is 9.64 Å². The Bertz CT molecular complexity index is 2090. The third-order valence-electron chi connectivity index (χ3n) is 17.0. The molecule has 0 N–H and O–H groups in total. The van der Waals surface area contributed by atoms with Crippen LogP contribution in [0.3, 0.4) is 0 Å². The highest BCUT2D eigenvalue weighted by atomic mass is 16.5. The van der Waals surface area contributed by atoms with Gasteiger partial charge in [-0.3, -0.25) is 0 Å². The van der Waals surface area contributed by atoms with E-state index in [0.29, 0.717) is 41.5 Å². The lowest BCUT2D eigenvalue weighted by Gasteiger charge is -2.38. The number of aryl methyl sites for hydroxylation is 1. The van der Waals surface area contributed by atoms with Gasteiger partial charge in [0.2, 0.25) is 5.69 Å². The van der Waals surface area contributed by atoms with Gasteiger partial charge in [0.15, 0.2) is 6.20 Å². The molecule has 11 atom stereocenters. The van der Waals surface area contributed by atoms with E-state index in [4.69, 9.17) is 4.74 Å². The SMILES string of the molecule is CCCCCC(C)CC1CC2c3ccccc3C3(CC)[C@H](c4ccc5c(c4-c4cc(C(C)C)cc[n+]4C)OC4C5C=C(C)N(C)C4C)C3(CCC)C3C(=C1C)C23. The van der Waals surface area contributed by atoms with Crippen molar-refractivity contribution in [3.05, 3.63) is 105 Å². The molecular weight excluding hydrogens is 681 g/mol. The minimum atomic E-state index is 0.103. The van der Waals surface area contributed by atoms with Crippen LogP contribution in [0.15, 0.2) is 77.6 Å². The van der Waals surface area contributed by atoms with Gasteiger partial charge in [-0.1, -0.05) is 127 Å². The Balaban J connectivity index is 1.25. The number of hydrogen-bond acceptors (Lipinski definition) is 2. The molecule has 298 valence electrons. The topological polar surface area (TPSA) is 16.4 Å². The fourth-order valence-electron chi connectivity index (χ4n) is 14.2. The molecule has 9 rings (SSSR count). The van der Waals surface area contributed by atoms with Gasteiger partial charge in [0, 0.05) is 47.7 Å². The third-order valence-corrected chi connectivity index (χ3v) is 17.0. The second-order valence-corrected chi connectivity index (χ2v) is 20.0. The summed E-state index contributed by atoms with van der Waals surface area (Å²) in [6.45, 7) is 21.8. The van der Waals surface area contributed by atoms with Crippen LogP contribution < -0.4 is 9.30 Å². The van der Waals surface area contributed by atoms with E-state index in [1.807, 2.05) is 5.57 Å². The maximum atomic E-state index is 7.41. The highest BCUT2D eigenvalue weighted by molar-refractivity contribution is 5.78. The Kier molecular flexibility index (Phi) is 9.49. The van der Waals surface area contributed by atoms with Crippen molar-refractivity contribution in [3.63, 3.8) is 0 Å². The average molecular weight is 752 g/mol. The van der Waals surface area contributed by atoms with Crippen molar-refractivity contribution in [3.8, 4) is 17.0 Å². The second kappa shape index (κ2) is 13.9. The summed E-state index contributed by atoms with van der Waals surface area (Å²) in [4.78, 5) is 2.42. The molecule has 4 aliphatic carbocycles. The summed E-state index contributed by atoms with van der Waals surface area (Å²) >= 11 is 0. The maximum absolute atomic E-state index is 7.41. The molecule has 0 spiro atoms. The average Bonchev–Trinajstić information content (AvgIpc) is 4.03. The first-order chi connectivity index (χ1) is 27.0. The first-order valence-electron chi connectivity index (χ1n) is 23.0. The van der Waals surface area contributed by atoms with Gasteiger partial charge in [-0.2, -0.15) is 0 Å². The lowest BCUT2D eigenvalue weighted by atomic mass is 9.71. The fraction of sp³-hybridized carbons (Fsp3) is 0.604. The molecule has 6 aliphatic rings. The second-order valence-electron chi connectivity index (χ2n) is 20.0. The lowest BCUT2D eigenvalue weighted by molar-refractivity contribution is -0.660. The first-order valence-corrected chi connectivity index (χ1v) is 23.0. The van der Waals surface area contributed by atoms with Gasteiger partial charge in [0.25, 0.3) is 0 Å². The minimum Gasteiger partial charge on any atom is -0.486 e. The number of likely N-dealkylation sites (N-methyl/N-ethyl adjacent to an activating group) is 1. The number of aromatic nitrogens is 1. The van der Waals surface area contributed by atoms with Crippen LogP contribution in [-0.2, 0) is 12.5 Å². The molecule has 3 heterocycles. The van der Waals surface area contributed by atoms with Crippen LogP contribution >= 0.6 is 0 Å². The third kappa shape index (κ3) is 5.23. The van der Waals surface area contributed by atoms with Gasteiger partial charge >= 0.3 is 0 Å². The smallest absolute Gasteiger partial charge is 0.216 e. The summed E-state index contributed by atoms with van der Waals surface area (Å²) < 4.78 is 9.81. The van der Waals surface area contributed by atoms with Crippen molar-refractivity contribution in [1.29, 1.82) is 0 Å². The largest absolute Gasteiger partial charge is 0.486 e. The number of unbranched alkanes of at least 4 members (excludes halogenated alkanes) is 2. The number of allylic oxidation sites excluding steroid dienone is 3. The molecule has 0 saturated heterocycles. The monoisotopic (exact) mass is 752 g/mol. The number of hydrogen-bond donors (Lipinski definition) is 0. The van der Waals surface area contributed by atoms with E-state index >= 15 is 0 Å². The Hall–Kier alpha value is -3.33. The minimum absolute atomic E-state index is 0.103. The predicted molar refractivity (Wildman–Crippen MR) is 232 cm³/mol. The zero-order valence-electron chi connectivity index (χ0n) is 36.7. The summed E-state index contributed by atoms with van der Waals surface area (Å²) in [5.41, 5.74) is 15.8.